The number of nitrogens with two attached hydrogens (primary N) is 1. The van der Waals surface area contributed by atoms with Crippen LogP contribution in [-0.2, 0) is 0 Å². The van der Waals surface area contributed by atoms with Crippen molar-refractivity contribution < 1.29 is 31.1 Å². The molecule has 0 fully saturated rings. The van der Waals surface area contributed by atoms with Crippen LogP contribution in [0.2, 0.25) is 0 Å². The van der Waals surface area contributed by atoms with E-state index < -0.39 is 0 Å². The van der Waals surface area contributed by atoms with E-state index in [1.54, 1.807) is 0 Å². The second-order valence-electron chi connectivity index (χ2n) is 1.88. The standard InChI is InChI=1S/C6H13N.C2H6.U/c1-4-5(2)6(3)7;1-2;/h5H,3-4,7H2,1-2H3;1-2H3;/t5-;;/m0../s1. The van der Waals surface area contributed by atoms with Crippen molar-refractivity contribution >= 4 is 0 Å². The van der Waals surface area contributed by atoms with Crippen LogP contribution in [0.25, 0.3) is 0 Å². The molecule has 0 aromatic rings. The largest absolute Gasteiger partial charge is 0.402 e. The van der Waals surface area contributed by atoms with Crippen molar-refractivity contribution in [3.05, 3.63) is 12.3 Å². The van der Waals surface area contributed by atoms with Gasteiger partial charge in [-0.25, -0.2) is 0 Å². The Balaban J connectivity index is -0.000000149. The van der Waals surface area contributed by atoms with Gasteiger partial charge in [-0.2, -0.15) is 0 Å². The molecule has 2 N–H and O–H groups in total. The summed E-state index contributed by atoms with van der Waals surface area (Å²) in [6.45, 7) is 11.8. The fourth-order valence-corrected chi connectivity index (χ4v) is 0.262. The average Bonchev–Trinajstić information content (AvgIpc) is 1.91. The summed E-state index contributed by atoms with van der Waals surface area (Å²) in [6, 6.07) is 0. The molecule has 0 heterocycles. The Labute approximate surface area is 88.8 Å². The fourth-order valence-electron chi connectivity index (χ4n) is 0.262. The molecule has 0 aliphatic carbocycles. The first-order chi connectivity index (χ1) is 4.18. The molecule has 2 heteroatoms. The van der Waals surface area contributed by atoms with E-state index in [2.05, 4.69) is 20.4 Å². The Kier molecular flexibility index (Phi) is 20.8. The van der Waals surface area contributed by atoms with E-state index in [0.29, 0.717) is 5.92 Å². The van der Waals surface area contributed by atoms with Gasteiger partial charge >= 0.3 is 0 Å². The van der Waals surface area contributed by atoms with Crippen LogP contribution in [0.15, 0.2) is 12.3 Å². The molecule has 0 amide bonds. The summed E-state index contributed by atoms with van der Waals surface area (Å²) in [4.78, 5) is 0. The number of hydrogen-bond donors (Lipinski definition) is 1. The van der Waals surface area contributed by atoms with Crippen molar-refractivity contribution in [3.8, 4) is 0 Å². The Morgan fingerprint density at radius 3 is 1.80 bits per heavy atom. The Bertz CT molecular complexity index is 71.7. The molecular weight excluding hydrogens is 348 g/mol. The van der Waals surface area contributed by atoms with Gasteiger partial charge in [0.05, 0.1) is 0 Å². The average molecular weight is 367 g/mol. The second kappa shape index (κ2) is 12.3. The van der Waals surface area contributed by atoms with Gasteiger partial charge in [-0.1, -0.05) is 34.3 Å². The smallest absolute Gasteiger partial charge is 0.00361 e. The maximum atomic E-state index is 5.35. The van der Waals surface area contributed by atoms with Crippen molar-refractivity contribution in [1.29, 1.82) is 0 Å². The van der Waals surface area contributed by atoms with Gasteiger partial charge in [-0.05, 0) is 12.3 Å². The van der Waals surface area contributed by atoms with Crippen LogP contribution in [0.3, 0.4) is 0 Å². The van der Waals surface area contributed by atoms with Gasteiger partial charge in [0.15, 0.2) is 0 Å². The van der Waals surface area contributed by atoms with Gasteiger partial charge in [-0.15, -0.1) is 0 Å². The molecule has 0 aliphatic heterocycles. The Morgan fingerprint density at radius 1 is 1.50 bits per heavy atom. The van der Waals surface area contributed by atoms with E-state index in [-0.39, 0.29) is 31.1 Å². The van der Waals surface area contributed by atoms with Crippen molar-refractivity contribution in [2.24, 2.45) is 11.7 Å². The maximum absolute atomic E-state index is 5.35. The van der Waals surface area contributed by atoms with Crippen molar-refractivity contribution in [1.82, 2.24) is 0 Å². The molecule has 0 aliphatic rings. The van der Waals surface area contributed by atoms with Gasteiger partial charge in [0.25, 0.3) is 0 Å². The fraction of sp³-hybridized carbons (Fsp3) is 0.750. The molecule has 0 bridgehead atoms. The van der Waals surface area contributed by atoms with Crippen molar-refractivity contribution in [2.45, 2.75) is 34.1 Å². The van der Waals surface area contributed by atoms with E-state index in [0.717, 1.165) is 12.1 Å². The summed E-state index contributed by atoms with van der Waals surface area (Å²) in [6.07, 6.45) is 1.09. The van der Waals surface area contributed by atoms with Gasteiger partial charge in [0.1, 0.15) is 0 Å². The van der Waals surface area contributed by atoms with E-state index >= 15 is 0 Å². The van der Waals surface area contributed by atoms with Gasteiger partial charge < -0.3 is 5.73 Å². The summed E-state index contributed by atoms with van der Waals surface area (Å²) in [5.74, 6) is 0.486. The monoisotopic (exact) mass is 367 g/mol. The molecule has 1 atom stereocenters. The molecule has 0 aromatic carbocycles. The minimum absolute atomic E-state index is 0. The van der Waals surface area contributed by atoms with Crippen molar-refractivity contribution in [2.75, 3.05) is 0 Å². The summed E-state index contributed by atoms with van der Waals surface area (Å²) < 4.78 is 0. The Hall–Kier alpha value is 0.592. The third-order valence-electron chi connectivity index (χ3n) is 1.25. The maximum Gasteiger partial charge on any atom is 0.00361 e. The van der Waals surface area contributed by atoms with Gasteiger partial charge in [-0.3, -0.25) is 0 Å². The number of rotatable bonds is 2. The first-order valence-corrected chi connectivity index (χ1v) is 3.62. The van der Waals surface area contributed by atoms with E-state index in [1.165, 1.54) is 0 Å². The second-order valence-corrected chi connectivity index (χ2v) is 1.88. The molecule has 0 spiro atoms. The minimum Gasteiger partial charge on any atom is -0.402 e. The van der Waals surface area contributed by atoms with Crippen LogP contribution >= 0.6 is 0 Å². The van der Waals surface area contributed by atoms with Crippen LogP contribution in [-0.4, -0.2) is 0 Å². The summed E-state index contributed by atoms with van der Waals surface area (Å²) >= 11 is 0. The predicted molar refractivity (Wildman–Crippen MR) is 44.1 cm³/mol. The topological polar surface area (TPSA) is 26.0 Å². The van der Waals surface area contributed by atoms with Crippen molar-refractivity contribution in [3.63, 3.8) is 0 Å². The van der Waals surface area contributed by atoms with Crippen LogP contribution in [0.1, 0.15) is 34.1 Å². The number of allylic oxidation sites excluding steroid dienone is 1. The quantitative estimate of drug-likeness (QED) is 0.798. The summed E-state index contributed by atoms with van der Waals surface area (Å²) in [7, 11) is 0. The van der Waals surface area contributed by atoms with E-state index in [9.17, 15) is 0 Å². The normalized spacial score (nSPS) is 10.0. The SMILES string of the molecule is C=C(N)[C@@H](C)CC.CC.[U]. The third-order valence-corrected chi connectivity index (χ3v) is 1.25. The molecule has 0 saturated carbocycles. The molecule has 60 valence electrons. The first kappa shape index (κ1) is 16.9. The zero-order valence-corrected chi connectivity index (χ0v) is 11.7. The third kappa shape index (κ3) is 11.4. The van der Waals surface area contributed by atoms with Gasteiger partial charge in [0, 0.05) is 36.8 Å². The molecular formula is C8H19NU. The molecule has 0 unspecified atom stereocenters. The summed E-state index contributed by atoms with van der Waals surface area (Å²) in [5.41, 5.74) is 6.15. The predicted octanol–water partition coefficient (Wildman–Crippen LogP) is 2.53. The van der Waals surface area contributed by atoms with Gasteiger partial charge in [0.2, 0.25) is 0 Å². The first-order valence-electron chi connectivity index (χ1n) is 3.62. The van der Waals surface area contributed by atoms with Crippen LogP contribution < -0.4 is 5.73 Å². The molecule has 0 rings (SSSR count). The van der Waals surface area contributed by atoms with Crippen LogP contribution in [0, 0.1) is 37.0 Å². The van der Waals surface area contributed by atoms with Crippen LogP contribution in [0.5, 0.6) is 0 Å². The zero-order valence-electron chi connectivity index (χ0n) is 7.57. The number of hydrogen-bond acceptors (Lipinski definition) is 1. The zero-order chi connectivity index (χ0) is 7.86. The minimum atomic E-state index is 0. The summed E-state index contributed by atoms with van der Waals surface area (Å²) in [5, 5.41) is 0. The molecule has 10 heavy (non-hydrogen) atoms. The molecule has 0 radical (unpaired) electrons. The Morgan fingerprint density at radius 2 is 1.80 bits per heavy atom. The molecule has 0 aromatic heterocycles. The van der Waals surface area contributed by atoms with Crippen LogP contribution in [0.4, 0.5) is 0 Å². The van der Waals surface area contributed by atoms with E-state index in [4.69, 9.17) is 5.73 Å². The molecule has 0 saturated heterocycles. The molecule has 1 nitrogen and oxygen atoms in total. The van der Waals surface area contributed by atoms with E-state index in [1.807, 2.05) is 13.8 Å².